The molecule has 0 atom stereocenters. The summed E-state index contributed by atoms with van der Waals surface area (Å²) in [6.07, 6.45) is 9.17. The van der Waals surface area contributed by atoms with Crippen LogP contribution >= 0.6 is 0 Å². The largest absolute Gasteiger partial charge is 0.634 e. The SMILES string of the molecule is CCCCC/C=C\CC(=O)NC1C[NH+]([O-])C1. The van der Waals surface area contributed by atoms with Crippen LogP contribution in [0.5, 0.6) is 0 Å². The number of carbonyl (C=O) groups excluding carboxylic acids is 1. The first-order chi connectivity index (χ1) is 7.72. The molecule has 0 aromatic carbocycles. The van der Waals surface area contributed by atoms with Crippen molar-refractivity contribution in [2.45, 2.75) is 45.1 Å². The van der Waals surface area contributed by atoms with Gasteiger partial charge in [-0.25, -0.2) is 0 Å². The second-order valence-corrected chi connectivity index (χ2v) is 4.38. The number of hydroxylamine groups is 2. The fraction of sp³-hybridized carbons (Fsp3) is 0.750. The van der Waals surface area contributed by atoms with Crippen molar-refractivity contribution in [1.82, 2.24) is 5.32 Å². The molecule has 92 valence electrons. The number of carbonyl (C=O) groups is 1. The molecule has 0 saturated carbocycles. The van der Waals surface area contributed by atoms with E-state index in [0.29, 0.717) is 19.5 Å². The van der Waals surface area contributed by atoms with Gasteiger partial charge in [-0.2, -0.15) is 0 Å². The summed E-state index contributed by atoms with van der Waals surface area (Å²) < 4.78 is 0. The minimum Gasteiger partial charge on any atom is -0.634 e. The van der Waals surface area contributed by atoms with Crippen molar-refractivity contribution >= 4 is 5.91 Å². The van der Waals surface area contributed by atoms with E-state index < -0.39 is 0 Å². The number of rotatable bonds is 7. The highest BCUT2D eigenvalue weighted by atomic mass is 16.5. The second kappa shape index (κ2) is 7.41. The Balaban J connectivity index is 1.97. The predicted octanol–water partition coefficient (Wildman–Crippen LogP) is 0.394. The summed E-state index contributed by atoms with van der Waals surface area (Å²) in [5, 5.41) is 13.8. The van der Waals surface area contributed by atoms with E-state index in [1.165, 1.54) is 19.3 Å². The maximum Gasteiger partial charge on any atom is 0.224 e. The fourth-order valence-corrected chi connectivity index (χ4v) is 1.70. The molecule has 4 nitrogen and oxygen atoms in total. The molecule has 2 N–H and O–H groups in total. The van der Waals surface area contributed by atoms with E-state index in [4.69, 9.17) is 0 Å². The zero-order chi connectivity index (χ0) is 11.8. The van der Waals surface area contributed by atoms with Gasteiger partial charge in [0.2, 0.25) is 5.91 Å². The van der Waals surface area contributed by atoms with Crippen LogP contribution in [0.4, 0.5) is 0 Å². The number of unbranched alkanes of at least 4 members (excludes halogenated alkanes) is 3. The number of quaternary nitrogens is 1. The highest BCUT2D eigenvalue weighted by molar-refractivity contribution is 5.77. The molecule has 1 fully saturated rings. The van der Waals surface area contributed by atoms with E-state index in [0.717, 1.165) is 6.42 Å². The third kappa shape index (κ3) is 5.28. The van der Waals surface area contributed by atoms with Gasteiger partial charge in [0.15, 0.2) is 0 Å². The molecule has 0 aromatic rings. The van der Waals surface area contributed by atoms with E-state index in [9.17, 15) is 10.0 Å². The fourth-order valence-electron chi connectivity index (χ4n) is 1.70. The number of hydrogen-bond acceptors (Lipinski definition) is 2. The van der Waals surface area contributed by atoms with Gasteiger partial charge in [-0.1, -0.05) is 31.9 Å². The highest BCUT2D eigenvalue weighted by Gasteiger charge is 2.26. The van der Waals surface area contributed by atoms with Gasteiger partial charge < -0.3 is 15.6 Å². The summed E-state index contributed by atoms with van der Waals surface area (Å²) in [6.45, 7) is 3.22. The van der Waals surface area contributed by atoms with Crippen molar-refractivity contribution in [2.75, 3.05) is 13.1 Å². The van der Waals surface area contributed by atoms with E-state index in [2.05, 4.69) is 18.3 Å². The molecule has 0 radical (unpaired) electrons. The Kier molecular flexibility index (Phi) is 6.11. The summed E-state index contributed by atoms with van der Waals surface area (Å²) in [5.74, 6) is 0.0317. The van der Waals surface area contributed by atoms with E-state index in [1.807, 2.05) is 6.08 Å². The van der Waals surface area contributed by atoms with Crippen molar-refractivity contribution in [3.8, 4) is 0 Å². The smallest absolute Gasteiger partial charge is 0.224 e. The van der Waals surface area contributed by atoms with E-state index in [1.54, 1.807) is 0 Å². The van der Waals surface area contributed by atoms with Gasteiger partial charge in [-0.05, 0) is 12.8 Å². The molecule has 1 rings (SSSR count). The van der Waals surface area contributed by atoms with Crippen molar-refractivity contribution in [3.05, 3.63) is 17.4 Å². The Bertz CT molecular complexity index is 235. The number of nitrogens with one attached hydrogen (secondary N) is 2. The van der Waals surface area contributed by atoms with E-state index in [-0.39, 0.29) is 17.0 Å². The van der Waals surface area contributed by atoms with Crippen LogP contribution in [0.2, 0.25) is 0 Å². The molecule has 1 aliphatic heterocycles. The van der Waals surface area contributed by atoms with Gasteiger partial charge in [0, 0.05) is 6.42 Å². The molecule has 4 heteroatoms. The molecule has 16 heavy (non-hydrogen) atoms. The Morgan fingerprint density at radius 3 is 2.81 bits per heavy atom. The van der Waals surface area contributed by atoms with Crippen molar-refractivity contribution in [1.29, 1.82) is 0 Å². The maximum absolute atomic E-state index is 11.4. The molecule has 0 aliphatic carbocycles. The van der Waals surface area contributed by atoms with Gasteiger partial charge in [-0.3, -0.25) is 4.79 Å². The van der Waals surface area contributed by atoms with Crippen LogP contribution in [-0.2, 0) is 4.79 Å². The zero-order valence-corrected chi connectivity index (χ0v) is 10.00. The van der Waals surface area contributed by atoms with Crippen molar-refractivity contribution < 1.29 is 9.86 Å². The lowest BCUT2D eigenvalue weighted by Gasteiger charge is -2.38. The molecular weight excluding hydrogens is 204 g/mol. The van der Waals surface area contributed by atoms with Crippen LogP contribution in [0.1, 0.15) is 39.0 Å². The summed E-state index contributed by atoms with van der Waals surface area (Å²) in [5.41, 5.74) is 0. The lowest BCUT2D eigenvalue weighted by Crippen LogP contribution is -3.18. The molecule has 0 bridgehead atoms. The lowest BCUT2D eigenvalue weighted by atomic mass is 10.1. The van der Waals surface area contributed by atoms with Crippen LogP contribution in [0.3, 0.4) is 0 Å². The first kappa shape index (κ1) is 13.2. The molecule has 0 aromatic heterocycles. The standard InChI is InChI=1S/C12H22N2O2/c1-2-3-4-5-6-7-8-12(15)13-11-9-14(16)10-11/h6-7,11,14H,2-5,8-10H2,1H3,(H,13,15)/b7-6-. The second-order valence-electron chi connectivity index (χ2n) is 4.38. The number of allylic oxidation sites excluding steroid dienone is 1. The van der Waals surface area contributed by atoms with Crippen LogP contribution in [0.25, 0.3) is 0 Å². The minimum atomic E-state index is 0.0317. The van der Waals surface area contributed by atoms with E-state index >= 15 is 0 Å². The van der Waals surface area contributed by atoms with Crippen LogP contribution in [0.15, 0.2) is 12.2 Å². The maximum atomic E-state index is 11.4. The minimum absolute atomic E-state index is 0.0317. The first-order valence-electron chi connectivity index (χ1n) is 6.18. The Morgan fingerprint density at radius 2 is 2.19 bits per heavy atom. The third-order valence-corrected chi connectivity index (χ3v) is 2.76. The third-order valence-electron chi connectivity index (χ3n) is 2.76. The quantitative estimate of drug-likeness (QED) is 0.375. The van der Waals surface area contributed by atoms with Gasteiger partial charge in [-0.15, -0.1) is 0 Å². The van der Waals surface area contributed by atoms with Crippen molar-refractivity contribution in [2.24, 2.45) is 0 Å². The normalized spacial score (nSPS) is 24.4. The van der Waals surface area contributed by atoms with Crippen molar-refractivity contribution in [3.63, 3.8) is 0 Å². The van der Waals surface area contributed by atoms with Gasteiger partial charge in [0.1, 0.15) is 19.1 Å². The van der Waals surface area contributed by atoms with Gasteiger partial charge in [0.05, 0.1) is 0 Å². The Morgan fingerprint density at radius 1 is 1.44 bits per heavy atom. The van der Waals surface area contributed by atoms with Gasteiger partial charge >= 0.3 is 0 Å². The number of amides is 1. The Hall–Kier alpha value is -0.870. The summed E-state index contributed by atoms with van der Waals surface area (Å²) in [4.78, 5) is 11.4. The average Bonchev–Trinajstić information content (AvgIpc) is 2.21. The molecule has 1 aliphatic rings. The molecule has 0 spiro atoms. The molecule has 1 saturated heterocycles. The van der Waals surface area contributed by atoms with Crippen LogP contribution in [-0.4, -0.2) is 25.0 Å². The summed E-state index contributed by atoms with van der Waals surface area (Å²) >= 11 is 0. The lowest BCUT2D eigenvalue weighted by molar-refractivity contribution is -0.893. The Labute approximate surface area is 97.3 Å². The zero-order valence-electron chi connectivity index (χ0n) is 10.00. The summed E-state index contributed by atoms with van der Waals surface area (Å²) in [6, 6.07) is 0.105. The first-order valence-corrected chi connectivity index (χ1v) is 6.18. The topological polar surface area (TPSA) is 56.6 Å². The molecule has 1 amide bonds. The average molecular weight is 226 g/mol. The predicted molar refractivity (Wildman–Crippen MR) is 63.9 cm³/mol. The van der Waals surface area contributed by atoms with Crippen LogP contribution < -0.4 is 10.4 Å². The summed E-state index contributed by atoms with van der Waals surface area (Å²) in [7, 11) is 0. The highest BCUT2D eigenvalue weighted by Crippen LogP contribution is 2.00. The molecule has 1 heterocycles. The number of hydrogen-bond donors (Lipinski definition) is 2. The van der Waals surface area contributed by atoms with Crippen LogP contribution in [0, 0.1) is 5.21 Å². The molecular formula is C12H22N2O2. The van der Waals surface area contributed by atoms with Gasteiger partial charge in [0.25, 0.3) is 0 Å². The monoisotopic (exact) mass is 226 g/mol. The molecule has 0 unspecified atom stereocenters.